The normalized spacial score (nSPS) is 11.2. The van der Waals surface area contributed by atoms with E-state index in [1.54, 1.807) is 0 Å². The van der Waals surface area contributed by atoms with Gasteiger partial charge in [-0.25, -0.2) is 0 Å². The monoisotopic (exact) mass is 408 g/mol. The summed E-state index contributed by atoms with van der Waals surface area (Å²) in [5, 5.41) is 7.16. The topological polar surface area (TPSA) is 17.1 Å². The first-order chi connectivity index (χ1) is 15.8. The van der Waals surface area contributed by atoms with Crippen molar-refractivity contribution in [1.82, 2.24) is 0 Å². The van der Waals surface area contributed by atoms with E-state index in [1.165, 1.54) is 38.2 Å². The Hall–Kier alpha value is -4.23. The molecule has 6 aromatic rings. The van der Waals surface area contributed by atoms with E-state index in [2.05, 4.69) is 97.1 Å². The van der Waals surface area contributed by atoms with Gasteiger partial charge in [0.25, 0.3) is 0 Å². The Morgan fingerprint density at radius 2 is 0.969 bits per heavy atom. The van der Waals surface area contributed by atoms with Crippen molar-refractivity contribution in [3.8, 4) is 22.3 Å². The third-order valence-electron chi connectivity index (χ3n) is 6.28. The van der Waals surface area contributed by atoms with Crippen LogP contribution < -0.4 is 0 Å². The molecule has 0 aliphatic heterocycles. The summed E-state index contributed by atoms with van der Waals surface area (Å²) >= 11 is 0. The van der Waals surface area contributed by atoms with E-state index in [4.69, 9.17) is 0 Å². The predicted octanol–water partition coefficient (Wildman–Crippen LogP) is 8.29. The molecule has 0 saturated heterocycles. The first-order valence-corrected chi connectivity index (χ1v) is 10.8. The van der Waals surface area contributed by atoms with Crippen molar-refractivity contribution in [2.45, 2.75) is 0 Å². The second kappa shape index (κ2) is 7.47. The van der Waals surface area contributed by atoms with Gasteiger partial charge in [0, 0.05) is 5.56 Å². The molecule has 0 bridgehead atoms. The van der Waals surface area contributed by atoms with Crippen LogP contribution in [0.25, 0.3) is 54.6 Å². The number of aldehydes is 1. The molecule has 0 heterocycles. The average molecular weight is 409 g/mol. The van der Waals surface area contributed by atoms with E-state index in [-0.39, 0.29) is 0 Å². The summed E-state index contributed by atoms with van der Waals surface area (Å²) in [5.74, 6) is 0. The van der Waals surface area contributed by atoms with Crippen LogP contribution in [0.1, 0.15) is 10.4 Å². The number of rotatable bonds is 3. The highest BCUT2D eigenvalue weighted by molar-refractivity contribution is 6.21. The first-order valence-electron chi connectivity index (χ1n) is 10.8. The van der Waals surface area contributed by atoms with Gasteiger partial charge in [-0.15, -0.1) is 0 Å². The molecule has 1 heteroatoms. The predicted molar refractivity (Wildman–Crippen MR) is 135 cm³/mol. The summed E-state index contributed by atoms with van der Waals surface area (Å²) in [6.07, 6.45) is 0.908. The van der Waals surface area contributed by atoms with Crippen molar-refractivity contribution in [3.63, 3.8) is 0 Å². The molecule has 1 nitrogen and oxygen atoms in total. The zero-order valence-corrected chi connectivity index (χ0v) is 17.5. The maximum atomic E-state index is 11.3. The quantitative estimate of drug-likeness (QED) is 0.213. The SMILES string of the molecule is O=Cc1ccc2ccc(-c3c4ccccc4c(-c4ccccc4)c4ccccc34)cc2c1. The second-order valence-electron chi connectivity index (χ2n) is 8.15. The molecule has 0 N–H and O–H groups in total. The Balaban J connectivity index is 1.75. The molecule has 0 aromatic heterocycles. The van der Waals surface area contributed by atoms with Gasteiger partial charge in [-0.3, -0.25) is 4.79 Å². The highest BCUT2D eigenvalue weighted by atomic mass is 16.1. The van der Waals surface area contributed by atoms with Gasteiger partial charge in [-0.05, 0) is 66.7 Å². The fourth-order valence-electron chi connectivity index (χ4n) is 4.85. The van der Waals surface area contributed by atoms with Crippen LogP contribution in [0.3, 0.4) is 0 Å². The highest BCUT2D eigenvalue weighted by Crippen LogP contribution is 2.43. The Bertz CT molecular complexity index is 1570. The fourth-order valence-corrected chi connectivity index (χ4v) is 4.85. The molecule has 0 aliphatic rings. The van der Waals surface area contributed by atoms with Crippen LogP contribution in [0.5, 0.6) is 0 Å². The lowest BCUT2D eigenvalue weighted by molar-refractivity contribution is 0.112. The number of carbonyl (C=O) groups excluding carboxylic acids is 1. The fraction of sp³-hybridized carbons (Fsp3) is 0. The third-order valence-corrected chi connectivity index (χ3v) is 6.28. The second-order valence-corrected chi connectivity index (χ2v) is 8.15. The van der Waals surface area contributed by atoms with Gasteiger partial charge in [0.05, 0.1) is 0 Å². The lowest BCUT2D eigenvalue weighted by Gasteiger charge is -2.18. The zero-order chi connectivity index (χ0) is 21.5. The average Bonchev–Trinajstić information content (AvgIpc) is 2.87. The molecule has 0 atom stereocenters. The molecule has 6 rings (SSSR count). The van der Waals surface area contributed by atoms with Crippen LogP contribution in [-0.2, 0) is 0 Å². The van der Waals surface area contributed by atoms with Crippen molar-refractivity contribution >= 4 is 38.6 Å². The molecule has 0 radical (unpaired) electrons. The summed E-state index contributed by atoms with van der Waals surface area (Å²) in [7, 11) is 0. The summed E-state index contributed by atoms with van der Waals surface area (Å²) in [5.41, 5.74) is 5.58. The number of benzene rings is 6. The van der Waals surface area contributed by atoms with Crippen LogP contribution in [0, 0.1) is 0 Å². The van der Waals surface area contributed by atoms with E-state index in [1.807, 2.05) is 18.2 Å². The van der Waals surface area contributed by atoms with E-state index in [0.29, 0.717) is 5.56 Å². The summed E-state index contributed by atoms with van der Waals surface area (Å²) in [6, 6.07) is 40.4. The van der Waals surface area contributed by atoms with Crippen LogP contribution in [-0.4, -0.2) is 6.29 Å². The van der Waals surface area contributed by atoms with Crippen molar-refractivity contribution < 1.29 is 4.79 Å². The lowest BCUT2D eigenvalue weighted by atomic mass is 9.85. The van der Waals surface area contributed by atoms with Crippen LogP contribution in [0.2, 0.25) is 0 Å². The van der Waals surface area contributed by atoms with E-state index < -0.39 is 0 Å². The van der Waals surface area contributed by atoms with E-state index >= 15 is 0 Å². The Labute approximate surface area is 186 Å². The number of hydrogen-bond acceptors (Lipinski definition) is 1. The molecule has 150 valence electrons. The minimum Gasteiger partial charge on any atom is -0.298 e. The van der Waals surface area contributed by atoms with Gasteiger partial charge in [-0.1, -0.05) is 103 Å². The van der Waals surface area contributed by atoms with Crippen LogP contribution in [0.15, 0.2) is 115 Å². The first kappa shape index (κ1) is 18.5. The molecule has 0 amide bonds. The maximum Gasteiger partial charge on any atom is 0.150 e. The Morgan fingerprint density at radius 1 is 0.438 bits per heavy atom. The van der Waals surface area contributed by atoms with Crippen molar-refractivity contribution in [2.24, 2.45) is 0 Å². The Kier molecular flexibility index (Phi) is 4.33. The maximum absolute atomic E-state index is 11.3. The molecule has 0 aliphatic carbocycles. The summed E-state index contributed by atoms with van der Waals surface area (Å²) < 4.78 is 0. The zero-order valence-electron chi connectivity index (χ0n) is 17.5. The Morgan fingerprint density at radius 3 is 1.56 bits per heavy atom. The summed E-state index contributed by atoms with van der Waals surface area (Å²) in [4.78, 5) is 11.3. The largest absolute Gasteiger partial charge is 0.298 e. The molecule has 0 spiro atoms. The van der Waals surface area contributed by atoms with Gasteiger partial charge in [0.15, 0.2) is 0 Å². The third kappa shape index (κ3) is 2.91. The number of fused-ring (bicyclic) bond motifs is 3. The minimum atomic E-state index is 0.698. The van der Waals surface area contributed by atoms with Gasteiger partial charge in [0.2, 0.25) is 0 Å². The van der Waals surface area contributed by atoms with E-state index in [9.17, 15) is 4.79 Å². The molecule has 6 aromatic carbocycles. The van der Waals surface area contributed by atoms with Crippen molar-refractivity contribution in [3.05, 3.63) is 121 Å². The van der Waals surface area contributed by atoms with Gasteiger partial charge < -0.3 is 0 Å². The molecule has 0 fully saturated rings. The molecular weight excluding hydrogens is 388 g/mol. The van der Waals surface area contributed by atoms with Gasteiger partial charge >= 0.3 is 0 Å². The summed E-state index contributed by atoms with van der Waals surface area (Å²) in [6.45, 7) is 0. The van der Waals surface area contributed by atoms with Crippen molar-refractivity contribution in [2.75, 3.05) is 0 Å². The van der Waals surface area contributed by atoms with Gasteiger partial charge in [0.1, 0.15) is 6.29 Å². The molecule has 0 saturated carbocycles. The lowest BCUT2D eigenvalue weighted by Crippen LogP contribution is -1.91. The van der Waals surface area contributed by atoms with E-state index in [0.717, 1.165) is 22.6 Å². The van der Waals surface area contributed by atoms with Crippen LogP contribution >= 0.6 is 0 Å². The number of hydrogen-bond donors (Lipinski definition) is 0. The molecule has 32 heavy (non-hydrogen) atoms. The standard InChI is InChI=1S/C31H20O/c32-20-21-14-15-22-16-17-24(19-25(22)18-21)31-28-12-6-4-10-26(28)30(23-8-2-1-3-9-23)27-11-5-7-13-29(27)31/h1-20H. The number of carbonyl (C=O) groups is 1. The van der Waals surface area contributed by atoms with Crippen LogP contribution in [0.4, 0.5) is 0 Å². The molecular formula is C31H20O. The molecule has 0 unspecified atom stereocenters. The minimum absolute atomic E-state index is 0.698. The van der Waals surface area contributed by atoms with Gasteiger partial charge in [-0.2, -0.15) is 0 Å². The van der Waals surface area contributed by atoms with Crippen molar-refractivity contribution in [1.29, 1.82) is 0 Å². The highest BCUT2D eigenvalue weighted by Gasteiger charge is 2.16. The smallest absolute Gasteiger partial charge is 0.150 e.